The van der Waals surface area contributed by atoms with E-state index in [0.717, 1.165) is 16.3 Å². The molecule has 24 heavy (non-hydrogen) atoms. The van der Waals surface area contributed by atoms with E-state index >= 15 is 0 Å². The highest BCUT2D eigenvalue weighted by molar-refractivity contribution is 7.09. The average molecular weight is 338 g/mol. The second kappa shape index (κ2) is 6.64. The molecule has 0 saturated heterocycles. The summed E-state index contributed by atoms with van der Waals surface area (Å²) in [6.07, 6.45) is 0. The first kappa shape index (κ1) is 15.9. The predicted octanol–water partition coefficient (Wildman–Crippen LogP) is 4.07. The molecular weight excluding hydrogens is 324 g/mol. The van der Waals surface area contributed by atoms with E-state index < -0.39 is 11.9 Å². The quantitative estimate of drug-likeness (QED) is 0.751. The minimum Gasteiger partial charge on any atom is -0.478 e. The molecule has 3 aromatic rings. The zero-order valence-electron chi connectivity index (χ0n) is 12.8. The number of hydrogen-bond acceptors (Lipinski definition) is 4. The van der Waals surface area contributed by atoms with Gasteiger partial charge in [-0.05, 0) is 31.2 Å². The fourth-order valence-electron chi connectivity index (χ4n) is 2.32. The Bertz CT molecular complexity index is 918. The van der Waals surface area contributed by atoms with Gasteiger partial charge in [0.15, 0.2) is 0 Å². The largest absolute Gasteiger partial charge is 0.478 e. The van der Waals surface area contributed by atoms with Gasteiger partial charge < -0.3 is 10.4 Å². The topological polar surface area (TPSA) is 79.3 Å². The Kier molecular flexibility index (Phi) is 4.39. The molecular formula is C18H14N2O3S. The maximum Gasteiger partial charge on any atom is 0.336 e. The molecule has 0 saturated carbocycles. The van der Waals surface area contributed by atoms with Gasteiger partial charge in [0.25, 0.3) is 5.91 Å². The van der Waals surface area contributed by atoms with Crippen LogP contribution in [0.25, 0.3) is 11.3 Å². The van der Waals surface area contributed by atoms with Crippen LogP contribution < -0.4 is 5.32 Å². The van der Waals surface area contributed by atoms with Crippen molar-refractivity contribution >= 4 is 28.9 Å². The van der Waals surface area contributed by atoms with E-state index in [1.54, 1.807) is 29.5 Å². The van der Waals surface area contributed by atoms with Crippen molar-refractivity contribution in [2.45, 2.75) is 6.92 Å². The van der Waals surface area contributed by atoms with E-state index in [-0.39, 0.29) is 11.1 Å². The van der Waals surface area contributed by atoms with Crippen molar-refractivity contribution in [2.75, 3.05) is 5.32 Å². The Morgan fingerprint density at radius 2 is 1.83 bits per heavy atom. The molecule has 0 radical (unpaired) electrons. The summed E-state index contributed by atoms with van der Waals surface area (Å²) in [6.45, 7) is 1.93. The SMILES string of the molecule is Cc1nc(-c2cccc(NC(=O)c3ccccc3C(=O)O)c2)cs1. The Morgan fingerprint density at radius 3 is 2.50 bits per heavy atom. The number of carbonyl (C=O) groups is 2. The summed E-state index contributed by atoms with van der Waals surface area (Å²) in [5.74, 6) is -1.59. The molecule has 1 aromatic heterocycles. The third-order valence-electron chi connectivity index (χ3n) is 3.44. The van der Waals surface area contributed by atoms with Crippen LogP contribution in [0.4, 0.5) is 5.69 Å². The average Bonchev–Trinajstić information content (AvgIpc) is 3.01. The van der Waals surface area contributed by atoms with Crippen LogP contribution in [0, 0.1) is 6.92 Å². The number of rotatable bonds is 4. The van der Waals surface area contributed by atoms with Gasteiger partial charge in [0.1, 0.15) is 0 Å². The molecule has 3 rings (SSSR count). The van der Waals surface area contributed by atoms with Crippen molar-refractivity contribution in [3.05, 3.63) is 70.0 Å². The molecule has 1 amide bonds. The monoisotopic (exact) mass is 338 g/mol. The minimum absolute atomic E-state index is 0.0266. The molecule has 5 nitrogen and oxygen atoms in total. The number of aromatic carboxylic acids is 1. The number of thiazole rings is 1. The van der Waals surface area contributed by atoms with Crippen molar-refractivity contribution in [1.82, 2.24) is 4.98 Å². The summed E-state index contributed by atoms with van der Waals surface area (Å²) >= 11 is 1.56. The van der Waals surface area contributed by atoms with Gasteiger partial charge in [-0.25, -0.2) is 9.78 Å². The van der Waals surface area contributed by atoms with E-state index in [1.165, 1.54) is 12.1 Å². The van der Waals surface area contributed by atoms with Crippen molar-refractivity contribution in [1.29, 1.82) is 0 Å². The molecule has 2 aromatic carbocycles. The van der Waals surface area contributed by atoms with Crippen LogP contribution in [0.5, 0.6) is 0 Å². The van der Waals surface area contributed by atoms with Crippen molar-refractivity contribution in [3.63, 3.8) is 0 Å². The van der Waals surface area contributed by atoms with Gasteiger partial charge in [-0.2, -0.15) is 0 Å². The van der Waals surface area contributed by atoms with Gasteiger partial charge in [-0.15, -0.1) is 11.3 Å². The molecule has 1 heterocycles. The first-order valence-electron chi connectivity index (χ1n) is 7.21. The number of nitrogens with zero attached hydrogens (tertiary/aromatic N) is 1. The lowest BCUT2D eigenvalue weighted by Crippen LogP contribution is -2.16. The van der Waals surface area contributed by atoms with Crippen molar-refractivity contribution < 1.29 is 14.7 Å². The summed E-state index contributed by atoms with van der Waals surface area (Å²) in [4.78, 5) is 28.1. The molecule has 0 atom stereocenters. The van der Waals surface area contributed by atoms with Crippen molar-refractivity contribution in [2.24, 2.45) is 0 Å². The number of benzene rings is 2. The smallest absolute Gasteiger partial charge is 0.336 e. The molecule has 0 bridgehead atoms. The fourth-order valence-corrected chi connectivity index (χ4v) is 2.94. The first-order chi connectivity index (χ1) is 11.5. The molecule has 0 unspecified atom stereocenters. The van der Waals surface area contributed by atoms with E-state index in [1.807, 2.05) is 30.5 Å². The van der Waals surface area contributed by atoms with E-state index in [9.17, 15) is 14.7 Å². The number of aromatic nitrogens is 1. The number of amides is 1. The van der Waals surface area contributed by atoms with E-state index in [2.05, 4.69) is 10.3 Å². The zero-order valence-corrected chi connectivity index (χ0v) is 13.6. The molecule has 0 fully saturated rings. The van der Waals surface area contributed by atoms with Gasteiger partial charge >= 0.3 is 5.97 Å². The van der Waals surface area contributed by atoms with Crippen LogP contribution in [-0.4, -0.2) is 22.0 Å². The van der Waals surface area contributed by atoms with Gasteiger partial charge in [0.05, 0.1) is 21.8 Å². The summed E-state index contributed by atoms with van der Waals surface area (Å²) in [7, 11) is 0. The summed E-state index contributed by atoms with van der Waals surface area (Å²) in [5.41, 5.74) is 2.42. The number of nitrogens with one attached hydrogen (secondary N) is 1. The summed E-state index contributed by atoms with van der Waals surface area (Å²) < 4.78 is 0. The van der Waals surface area contributed by atoms with E-state index in [4.69, 9.17) is 0 Å². The maximum absolute atomic E-state index is 12.4. The van der Waals surface area contributed by atoms with Crippen LogP contribution in [-0.2, 0) is 0 Å². The number of hydrogen-bond donors (Lipinski definition) is 2. The summed E-state index contributed by atoms with van der Waals surface area (Å²) in [6, 6.07) is 13.4. The Morgan fingerprint density at radius 1 is 1.08 bits per heavy atom. The molecule has 0 aliphatic heterocycles. The third kappa shape index (κ3) is 3.33. The maximum atomic E-state index is 12.4. The van der Waals surface area contributed by atoms with Gasteiger partial charge in [-0.3, -0.25) is 4.79 Å². The third-order valence-corrected chi connectivity index (χ3v) is 4.21. The lowest BCUT2D eigenvalue weighted by atomic mass is 10.1. The number of anilines is 1. The zero-order chi connectivity index (χ0) is 17.1. The summed E-state index contributed by atoms with van der Waals surface area (Å²) in [5, 5.41) is 14.9. The lowest BCUT2D eigenvalue weighted by molar-refractivity contribution is 0.0692. The second-order valence-electron chi connectivity index (χ2n) is 5.14. The highest BCUT2D eigenvalue weighted by atomic mass is 32.1. The molecule has 0 aliphatic rings. The standard InChI is InChI=1S/C18H14N2O3S/c1-11-19-16(10-24-11)12-5-4-6-13(9-12)20-17(21)14-7-2-3-8-15(14)18(22)23/h2-10H,1H3,(H,20,21)(H,22,23). The van der Waals surface area contributed by atoms with Crippen LogP contribution >= 0.6 is 11.3 Å². The Balaban J connectivity index is 1.87. The highest BCUT2D eigenvalue weighted by Gasteiger charge is 2.16. The molecule has 0 spiro atoms. The van der Waals surface area contributed by atoms with Gasteiger partial charge in [0, 0.05) is 16.6 Å². The first-order valence-corrected chi connectivity index (χ1v) is 8.09. The normalized spacial score (nSPS) is 10.4. The van der Waals surface area contributed by atoms with Crippen LogP contribution in [0.2, 0.25) is 0 Å². The highest BCUT2D eigenvalue weighted by Crippen LogP contribution is 2.24. The van der Waals surface area contributed by atoms with Crippen LogP contribution in [0.1, 0.15) is 25.7 Å². The second-order valence-corrected chi connectivity index (χ2v) is 6.20. The molecule has 120 valence electrons. The Hall–Kier alpha value is -2.99. The predicted molar refractivity (Wildman–Crippen MR) is 93.6 cm³/mol. The number of aryl methyl sites for hydroxylation is 1. The van der Waals surface area contributed by atoms with Gasteiger partial charge in [0.2, 0.25) is 0 Å². The lowest BCUT2D eigenvalue weighted by Gasteiger charge is -2.08. The molecule has 0 aliphatic carbocycles. The number of carboxylic acids is 1. The molecule has 2 N–H and O–H groups in total. The van der Waals surface area contributed by atoms with Gasteiger partial charge in [-0.1, -0.05) is 24.3 Å². The Labute approximate surface area is 142 Å². The van der Waals surface area contributed by atoms with E-state index in [0.29, 0.717) is 5.69 Å². The minimum atomic E-state index is -1.13. The van der Waals surface area contributed by atoms with Crippen LogP contribution in [0.15, 0.2) is 53.9 Å². The number of carbonyl (C=O) groups excluding carboxylic acids is 1. The van der Waals surface area contributed by atoms with Crippen LogP contribution in [0.3, 0.4) is 0 Å². The number of carboxylic acid groups (broad SMARTS) is 1. The van der Waals surface area contributed by atoms with Crippen molar-refractivity contribution in [3.8, 4) is 11.3 Å². The fraction of sp³-hybridized carbons (Fsp3) is 0.0556. The molecule has 6 heteroatoms.